The smallest absolute Gasteiger partial charge is 0.106 e. The minimum atomic E-state index is -0.259. The van der Waals surface area contributed by atoms with Crippen LogP contribution in [0.1, 0.15) is 36.8 Å². The summed E-state index contributed by atoms with van der Waals surface area (Å²) in [4.78, 5) is 14.2. The molecule has 3 heterocycles. The highest BCUT2D eigenvalue weighted by Gasteiger charge is 2.31. The summed E-state index contributed by atoms with van der Waals surface area (Å²) in [5, 5.41) is 10.3. The van der Waals surface area contributed by atoms with Crippen LogP contribution in [0.5, 0.6) is 0 Å². The van der Waals surface area contributed by atoms with Crippen molar-refractivity contribution in [2.75, 3.05) is 13.1 Å². The summed E-state index contributed by atoms with van der Waals surface area (Å²) in [6.45, 7) is 4.69. The van der Waals surface area contributed by atoms with Crippen LogP contribution in [-0.4, -0.2) is 44.2 Å². The van der Waals surface area contributed by atoms with E-state index in [4.69, 9.17) is 0 Å². The topological polar surface area (TPSA) is 65.0 Å². The number of aliphatic hydroxyl groups excluding tert-OH is 1. The van der Waals surface area contributed by atoms with Crippen molar-refractivity contribution >= 4 is 0 Å². The molecule has 3 rings (SSSR count). The van der Waals surface area contributed by atoms with Gasteiger partial charge < -0.3 is 10.1 Å². The summed E-state index contributed by atoms with van der Waals surface area (Å²) >= 11 is 0. The highest BCUT2D eigenvalue weighted by Crippen LogP contribution is 2.22. The van der Waals surface area contributed by atoms with Crippen molar-refractivity contribution in [3.63, 3.8) is 0 Å². The molecule has 1 aliphatic rings. The first-order chi connectivity index (χ1) is 11.2. The number of pyridine rings is 1. The number of aromatic nitrogens is 3. The second kappa shape index (κ2) is 7.70. The van der Waals surface area contributed by atoms with Gasteiger partial charge in [0.1, 0.15) is 5.82 Å². The predicted octanol–water partition coefficient (Wildman–Crippen LogP) is 2.18. The van der Waals surface area contributed by atoms with Crippen LogP contribution in [0.25, 0.3) is 0 Å². The summed E-state index contributed by atoms with van der Waals surface area (Å²) in [5.74, 6) is 1.37. The summed E-state index contributed by atoms with van der Waals surface area (Å²) < 4.78 is 0. The molecule has 0 bridgehead atoms. The molecule has 1 aliphatic heterocycles. The summed E-state index contributed by atoms with van der Waals surface area (Å²) in [7, 11) is 0. The molecular formula is C18H26N4O. The molecule has 5 heteroatoms. The van der Waals surface area contributed by atoms with Crippen LogP contribution < -0.4 is 0 Å². The Hall–Kier alpha value is -1.72. The number of nitrogens with zero attached hydrogens (tertiary/aromatic N) is 3. The summed E-state index contributed by atoms with van der Waals surface area (Å²) in [6.07, 6.45) is 9.59. The van der Waals surface area contributed by atoms with Crippen LogP contribution in [0.4, 0.5) is 0 Å². The van der Waals surface area contributed by atoms with E-state index < -0.39 is 0 Å². The first-order valence-corrected chi connectivity index (χ1v) is 8.56. The van der Waals surface area contributed by atoms with E-state index in [1.165, 1.54) is 18.4 Å². The zero-order chi connectivity index (χ0) is 16.1. The van der Waals surface area contributed by atoms with Crippen molar-refractivity contribution in [3.8, 4) is 0 Å². The number of rotatable bonds is 7. The Morgan fingerprint density at radius 3 is 2.91 bits per heavy atom. The average molecular weight is 314 g/mol. The minimum Gasteiger partial charge on any atom is -0.391 e. The largest absolute Gasteiger partial charge is 0.391 e. The lowest BCUT2D eigenvalue weighted by Gasteiger charge is -2.14. The fraction of sp³-hybridized carbons (Fsp3) is 0.556. The molecule has 0 radical (unpaired) electrons. The Morgan fingerprint density at radius 2 is 2.13 bits per heavy atom. The number of nitrogens with one attached hydrogen (secondary N) is 1. The van der Waals surface area contributed by atoms with Crippen molar-refractivity contribution in [3.05, 3.63) is 47.8 Å². The van der Waals surface area contributed by atoms with Gasteiger partial charge in [0.2, 0.25) is 0 Å². The Labute approximate surface area is 137 Å². The summed E-state index contributed by atoms with van der Waals surface area (Å²) in [5.41, 5.74) is 2.39. The molecule has 0 aromatic carbocycles. The van der Waals surface area contributed by atoms with Gasteiger partial charge in [-0.25, -0.2) is 4.98 Å². The molecule has 0 unspecified atom stereocenters. The third kappa shape index (κ3) is 4.39. The third-order valence-corrected chi connectivity index (χ3v) is 4.57. The lowest BCUT2D eigenvalue weighted by atomic mass is 9.97. The fourth-order valence-electron chi connectivity index (χ4n) is 3.29. The van der Waals surface area contributed by atoms with E-state index in [9.17, 15) is 5.11 Å². The second-order valence-corrected chi connectivity index (χ2v) is 6.54. The van der Waals surface area contributed by atoms with Gasteiger partial charge in [0.15, 0.2) is 0 Å². The van der Waals surface area contributed by atoms with Crippen LogP contribution in [0.15, 0.2) is 30.7 Å². The normalized spacial score (nSPS) is 21.8. The fourth-order valence-corrected chi connectivity index (χ4v) is 3.29. The van der Waals surface area contributed by atoms with Gasteiger partial charge in [0, 0.05) is 56.3 Å². The van der Waals surface area contributed by atoms with Crippen molar-refractivity contribution in [2.24, 2.45) is 5.92 Å². The standard InChI is InChI=1S/C18H26N4O/c1-2-3-4-18-20-10-16(21-18)12-22-11-15(17(23)13-22)9-14-5-7-19-8-6-14/h5-8,10,15,17,23H,2-4,9,11-13H2,1H3,(H,20,21)/t15-,17-/m1/s1. The SMILES string of the molecule is CCCCc1ncc(CN2C[C@@H](Cc3ccncc3)[C@H](O)C2)[nH]1. The van der Waals surface area contributed by atoms with E-state index in [2.05, 4.69) is 26.8 Å². The highest BCUT2D eigenvalue weighted by atomic mass is 16.3. The van der Waals surface area contributed by atoms with E-state index in [0.29, 0.717) is 5.92 Å². The van der Waals surface area contributed by atoms with Crippen LogP contribution >= 0.6 is 0 Å². The number of likely N-dealkylation sites (tertiary alicyclic amines) is 1. The van der Waals surface area contributed by atoms with Crippen LogP contribution in [-0.2, 0) is 19.4 Å². The number of imidazole rings is 1. The number of aryl methyl sites for hydroxylation is 1. The van der Waals surface area contributed by atoms with Gasteiger partial charge in [0.25, 0.3) is 0 Å². The molecule has 1 fully saturated rings. The molecule has 1 saturated heterocycles. The van der Waals surface area contributed by atoms with Crippen molar-refractivity contribution < 1.29 is 5.11 Å². The van der Waals surface area contributed by atoms with Crippen LogP contribution in [0, 0.1) is 5.92 Å². The molecule has 2 N–H and O–H groups in total. The Balaban J connectivity index is 1.53. The first kappa shape index (κ1) is 16.1. The van der Waals surface area contributed by atoms with Gasteiger partial charge in [-0.1, -0.05) is 13.3 Å². The van der Waals surface area contributed by atoms with Crippen molar-refractivity contribution in [2.45, 2.75) is 45.3 Å². The van der Waals surface area contributed by atoms with Gasteiger partial charge in [-0.3, -0.25) is 9.88 Å². The van der Waals surface area contributed by atoms with E-state index in [1.54, 1.807) is 0 Å². The number of unbranched alkanes of at least 4 members (excludes halogenated alkanes) is 1. The molecule has 2 aromatic rings. The molecule has 2 aromatic heterocycles. The number of H-pyrrole nitrogens is 1. The van der Waals surface area contributed by atoms with E-state index in [1.807, 2.05) is 30.7 Å². The maximum atomic E-state index is 10.3. The average Bonchev–Trinajstić information content (AvgIpc) is 3.14. The van der Waals surface area contributed by atoms with Gasteiger partial charge in [-0.2, -0.15) is 0 Å². The van der Waals surface area contributed by atoms with E-state index in [-0.39, 0.29) is 6.10 Å². The molecule has 124 valence electrons. The van der Waals surface area contributed by atoms with Crippen molar-refractivity contribution in [1.29, 1.82) is 0 Å². The molecular weight excluding hydrogens is 288 g/mol. The van der Waals surface area contributed by atoms with Crippen LogP contribution in [0.2, 0.25) is 0 Å². The molecule has 5 nitrogen and oxygen atoms in total. The molecule has 2 atom stereocenters. The minimum absolute atomic E-state index is 0.259. The number of aliphatic hydroxyl groups is 1. The van der Waals surface area contributed by atoms with Gasteiger partial charge in [-0.05, 0) is 30.5 Å². The molecule has 23 heavy (non-hydrogen) atoms. The monoisotopic (exact) mass is 314 g/mol. The maximum absolute atomic E-state index is 10.3. The van der Waals surface area contributed by atoms with Crippen LogP contribution in [0.3, 0.4) is 0 Å². The lowest BCUT2D eigenvalue weighted by molar-refractivity contribution is 0.141. The third-order valence-electron chi connectivity index (χ3n) is 4.57. The maximum Gasteiger partial charge on any atom is 0.106 e. The Kier molecular flexibility index (Phi) is 5.41. The number of β-amino-alcohol motifs (C(OH)–C–C–N with tert-alkyl or cyclic N) is 1. The van der Waals surface area contributed by atoms with Gasteiger partial charge >= 0.3 is 0 Å². The summed E-state index contributed by atoms with van der Waals surface area (Å²) in [6, 6.07) is 4.06. The predicted molar refractivity (Wildman–Crippen MR) is 89.9 cm³/mol. The second-order valence-electron chi connectivity index (χ2n) is 6.54. The zero-order valence-corrected chi connectivity index (χ0v) is 13.8. The van der Waals surface area contributed by atoms with Crippen molar-refractivity contribution in [1.82, 2.24) is 19.9 Å². The Bertz CT molecular complexity index is 598. The number of hydrogen-bond acceptors (Lipinski definition) is 4. The highest BCUT2D eigenvalue weighted by molar-refractivity contribution is 5.12. The van der Waals surface area contributed by atoms with Gasteiger partial charge in [0.05, 0.1) is 6.10 Å². The number of hydrogen-bond donors (Lipinski definition) is 2. The van der Waals surface area contributed by atoms with Gasteiger partial charge in [-0.15, -0.1) is 0 Å². The number of aromatic amines is 1. The Morgan fingerprint density at radius 1 is 1.30 bits per heavy atom. The molecule has 0 aliphatic carbocycles. The molecule has 0 amide bonds. The lowest BCUT2D eigenvalue weighted by Crippen LogP contribution is -2.21. The molecule has 0 saturated carbocycles. The first-order valence-electron chi connectivity index (χ1n) is 8.56. The van der Waals surface area contributed by atoms with E-state index >= 15 is 0 Å². The molecule has 0 spiro atoms. The quantitative estimate of drug-likeness (QED) is 0.822. The van der Waals surface area contributed by atoms with E-state index in [0.717, 1.165) is 44.0 Å². The zero-order valence-electron chi connectivity index (χ0n) is 13.8.